The van der Waals surface area contributed by atoms with Crippen LogP contribution in [0.1, 0.15) is 24.1 Å². The molecule has 9 heteroatoms. The fraction of sp³-hybridized carbons (Fsp3) is 0.450. The van der Waals surface area contributed by atoms with E-state index in [1.165, 1.54) is 5.56 Å². The van der Waals surface area contributed by atoms with E-state index in [2.05, 4.69) is 26.7 Å². The Morgan fingerprint density at radius 3 is 2.83 bits per heavy atom. The number of amides is 1. The second-order valence-corrected chi connectivity index (χ2v) is 7.73. The minimum Gasteiger partial charge on any atom is -0.356 e. The Morgan fingerprint density at radius 2 is 2.10 bits per heavy atom. The molecule has 0 unspecified atom stereocenters. The Morgan fingerprint density at radius 1 is 1.31 bits per heavy atom. The highest BCUT2D eigenvalue weighted by atomic mass is 127. The Kier molecular flexibility index (Phi) is 9.15. The van der Waals surface area contributed by atoms with Gasteiger partial charge in [0, 0.05) is 51.7 Å². The molecule has 7 nitrogen and oxygen atoms in total. The normalized spacial score (nSPS) is 12.9. The zero-order chi connectivity index (χ0) is 19.9. The molecular weight excluding hydrogens is 499 g/mol. The van der Waals surface area contributed by atoms with Gasteiger partial charge in [0.15, 0.2) is 11.1 Å². The van der Waals surface area contributed by atoms with Crippen molar-refractivity contribution in [2.45, 2.75) is 25.8 Å². The van der Waals surface area contributed by atoms with Gasteiger partial charge in [-0.1, -0.05) is 18.2 Å². The number of rotatable bonds is 7. The van der Waals surface area contributed by atoms with Crippen molar-refractivity contribution < 1.29 is 4.79 Å². The molecule has 1 aromatic carbocycles. The molecule has 158 valence electrons. The maximum Gasteiger partial charge on any atom is 0.227 e. The van der Waals surface area contributed by atoms with E-state index in [1.54, 1.807) is 18.4 Å². The van der Waals surface area contributed by atoms with E-state index in [9.17, 15) is 4.79 Å². The van der Waals surface area contributed by atoms with E-state index in [0.717, 1.165) is 41.9 Å². The summed E-state index contributed by atoms with van der Waals surface area (Å²) in [6, 6.07) is 8.15. The molecule has 2 N–H and O–H groups in total. The zero-order valence-corrected chi connectivity index (χ0v) is 20.3. The maximum atomic E-state index is 12.5. The number of aromatic nitrogens is 1. The molecule has 1 aromatic heterocycles. The third kappa shape index (κ3) is 6.30. The predicted molar refractivity (Wildman–Crippen MR) is 132 cm³/mol. The number of para-hydroxylation sites is 1. The van der Waals surface area contributed by atoms with Crippen molar-refractivity contribution in [2.24, 2.45) is 4.99 Å². The maximum absolute atomic E-state index is 12.5. The average molecular weight is 528 g/mol. The molecule has 3 rings (SSSR count). The number of nitrogens with zero attached hydrogens (tertiary/aromatic N) is 4. The number of hydrogen-bond acceptors (Lipinski definition) is 5. The quantitative estimate of drug-likeness (QED) is 0.250. The first-order chi connectivity index (χ1) is 13.6. The summed E-state index contributed by atoms with van der Waals surface area (Å²) in [6.07, 6.45) is 2.24. The van der Waals surface area contributed by atoms with Crippen molar-refractivity contribution >= 4 is 58.0 Å². The molecule has 1 amide bonds. The highest BCUT2D eigenvalue weighted by molar-refractivity contribution is 14.0. The number of halogens is 1. The van der Waals surface area contributed by atoms with Crippen LogP contribution >= 0.6 is 35.3 Å². The molecule has 0 saturated carbocycles. The molecule has 1 aliphatic heterocycles. The van der Waals surface area contributed by atoms with Crippen LogP contribution in [0.2, 0.25) is 0 Å². The van der Waals surface area contributed by atoms with E-state index in [0.29, 0.717) is 19.5 Å². The Labute approximate surface area is 193 Å². The van der Waals surface area contributed by atoms with Gasteiger partial charge < -0.3 is 20.4 Å². The summed E-state index contributed by atoms with van der Waals surface area (Å²) in [5.74, 6) is 0.909. The lowest BCUT2D eigenvalue weighted by Crippen LogP contribution is -2.38. The molecule has 0 spiro atoms. The molecule has 2 aromatic rings. The van der Waals surface area contributed by atoms with E-state index in [1.807, 2.05) is 47.5 Å². The first-order valence-electron chi connectivity index (χ1n) is 9.53. The third-order valence-corrected chi connectivity index (χ3v) is 5.69. The number of guanidine groups is 1. The van der Waals surface area contributed by atoms with Gasteiger partial charge in [-0.15, -0.1) is 35.3 Å². The third-order valence-electron chi connectivity index (χ3n) is 4.63. The van der Waals surface area contributed by atoms with Crippen LogP contribution in [0.25, 0.3) is 0 Å². The van der Waals surface area contributed by atoms with Gasteiger partial charge in [0.25, 0.3) is 0 Å². The number of anilines is 2. The Balaban J connectivity index is 0.00000300. The number of thiazole rings is 1. The smallest absolute Gasteiger partial charge is 0.227 e. The predicted octanol–water partition coefficient (Wildman–Crippen LogP) is 2.86. The summed E-state index contributed by atoms with van der Waals surface area (Å²) in [7, 11) is 5.71. The van der Waals surface area contributed by atoms with E-state index < -0.39 is 0 Å². The van der Waals surface area contributed by atoms with Gasteiger partial charge >= 0.3 is 0 Å². The summed E-state index contributed by atoms with van der Waals surface area (Å²) >= 11 is 1.62. The minimum absolute atomic E-state index is 0. The molecule has 0 bridgehead atoms. The van der Waals surface area contributed by atoms with Crippen LogP contribution in [0.15, 0.2) is 34.6 Å². The van der Waals surface area contributed by atoms with Gasteiger partial charge in [-0.05, 0) is 24.5 Å². The van der Waals surface area contributed by atoms with E-state index in [-0.39, 0.29) is 29.9 Å². The van der Waals surface area contributed by atoms with Crippen molar-refractivity contribution in [1.82, 2.24) is 15.6 Å². The van der Waals surface area contributed by atoms with Crippen LogP contribution < -0.4 is 20.4 Å². The van der Waals surface area contributed by atoms with Gasteiger partial charge in [-0.2, -0.15) is 0 Å². The van der Waals surface area contributed by atoms with Crippen molar-refractivity contribution in [3.05, 3.63) is 40.9 Å². The molecular formula is C20H29IN6OS. The molecule has 0 saturated heterocycles. The first kappa shape index (κ1) is 23.4. The molecule has 2 heterocycles. The van der Waals surface area contributed by atoms with Gasteiger partial charge in [0.1, 0.15) is 0 Å². The number of aliphatic imine (C=N–C) groups is 1. The van der Waals surface area contributed by atoms with Crippen LogP contribution in [0.3, 0.4) is 0 Å². The van der Waals surface area contributed by atoms with Gasteiger partial charge in [-0.3, -0.25) is 9.79 Å². The van der Waals surface area contributed by atoms with Crippen molar-refractivity contribution in [3.8, 4) is 0 Å². The Bertz CT molecular complexity index is 838. The monoisotopic (exact) mass is 528 g/mol. The van der Waals surface area contributed by atoms with Gasteiger partial charge in [0.2, 0.25) is 5.91 Å². The topological polar surface area (TPSA) is 72.9 Å². The van der Waals surface area contributed by atoms with Crippen LogP contribution in [-0.2, 0) is 17.8 Å². The first-order valence-corrected chi connectivity index (χ1v) is 10.4. The molecule has 1 aliphatic rings. The number of fused-ring (bicyclic) bond motifs is 1. The standard InChI is InChI=1S/C20H28N6OS.HI/c1-21-19(23-13-16-14-28-20(24-16)25(2)3)22-11-6-9-18(27)26-12-10-15-7-4-5-8-17(15)26;/h4-5,7-8,14H,6,9-13H2,1-3H3,(H2,21,22,23);1H. The second-order valence-electron chi connectivity index (χ2n) is 6.90. The number of nitrogens with one attached hydrogen (secondary N) is 2. The molecule has 0 aliphatic carbocycles. The highest BCUT2D eigenvalue weighted by Gasteiger charge is 2.23. The number of benzene rings is 1. The second kappa shape index (κ2) is 11.3. The molecule has 29 heavy (non-hydrogen) atoms. The number of hydrogen-bond donors (Lipinski definition) is 2. The van der Waals surface area contributed by atoms with Crippen molar-refractivity contribution in [1.29, 1.82) is 0 Å². The number of carbonyl (C=O) groups excluding carboxylic acids is 1. The van der Waals surface area contributed by atoms with Crippen LogP contribution in [0, 0.1) is 0 Å². The van der Waals surface area contributed by atoms with Crippen molar-refractivity contribution in [3.63, 3.8) is 0 Å². The molecule has 0 fully saturated rings. The summed E-state index contributed by atoms with van der Waals surface area (Å²) in [6.45, 7) is 2.10. The summed E-state index contributed by atoms with van der Waals surface area (Å²) in [4.78, 5) is 25.2. The van der Waals surface area contributed by atoms with E-state index >= 15 is 0 Å². The lowest BCUT2D eigenvalue weighted by atomic mass is 10.2. The van der Waals surface area contributed by atoms with Crippen molar-refractivity contribution in [2.75, 3.05) is 44.0 Å². The average Bonchev–Trinajstić information content (AvgIpc) is 3.34. The van der Waals surface area contributed by atoms with Gasteiger partial charge in [-0.25, -0.2) is 4.98 Å². The fourth-order valence-electron chi connectivity index (χ4n) is 3.16. The van der Waals surface area contributed by atoms with Crippen LogP contribution in [-0.4, -0.2) is 51.1 Å². The van der Waals surface area contributed by atoms with Gasteiger partial charge in [0.05, 0.1) is 12.2 Å². The summed E-state index contributed by atoms with van der Waals surface area (Å²) in [5, 5.41) is 9.56. The van der Waals surface area contributed by atoms with Crippen LogP contribution in [0.4, 0.5) is 10.8 Å². The molecule has 0 radical (unpaired) electrons. The van der Waals surface area contributed by atoms with Crippen LogP contribution in [0.5, 0.6) is 0 Å². The molecule has 0 atom stereocenters. The zero-order valence-electron chi connectivity index (χ0n) is 17.1. The summed E-state index contributed by atoms with van der Waals surface area (Å²) in [5.41, 5.74) is 3.32. The lowest BCUT2D eigenvalue weighted by molar-refractivity contribution is -0.118. The summed E-state index contributed by atoms with van der Waals surface area (Å²) < 4.78 is 0. The number of carbonyl (C=O) groups is 1. The fourth-order valence-corrected chi connectivity index (χ4v) is 3.91. The van der Waals surface area contributed by atoms with E-state index in [4.69, 9.17) is 0 Å². The minimum atomic E-state index is 0. The Hall–Kier alpha value is -1.88. The SMILES string of the molecule is CN=C(NCCCC(=O)N1CCc2ccccc21)NCc1csc(N(C)C)n1.I. The largest absolute Gasteiger partial charge is 0.356 e. The highest BCUT2D eigenvalue weighted by Crippen LogP contribution is 2.27. The lowest BCUT2D eigenvalue weighted by Gasteiger charge is -2.17.